The van der Waals surface area contributed by atoms with Gasteiger partial charge in [-0.15, -0.1) is 0 Å². The molecule has 16 heavy (non-hydrogen) atoms. The van der Waals surface area contributed by atoms with E-state index in [0.717, 1.165) is 5.69 Å². The Balaban J connectivity index is 2.23. The average Bonchev–Trinajstić information content (AvgIpc) is 2.59. The largest absolute Gasteiger partial charge is 0.466 e. The van der Waals surface area contributed by atoms with Crippen molar-refractivity contribution in [2.45, 2.75) is 20.3 Å². The van der Waals surface area contributed by atoms with Crippen LogP contribution in [0.2, 0.25) is 0 Å². The molecule has 2 aromatic rings. The number of ether oxygens (including phenoxy) is 1. The van der Waals surface area contributed by atoms with E-state index in [0.29, 0.717) is 18.1 Å². The molecule has 0 spiro atoms. The molecule has 0 aromatic carbocycles. The van der Waals surface area contributed by atoms with Crippen LogP contribution in [0.4, 0.5) is 0 Å². The lowest BCUT2D eigenvalue weighted by atomic mass is 10.3. The number of rotatable bonds is 3. The molecule has 0 fully saturated rings. The molecule has 2 aromatic heterocycles. The third-order valence-corrected chi connectivity index (χ3v) is 2.15. The van der Waals surface area contributed by atoms with Crippen LogP contribution in [0.1, 0.15) is 18.3 Å². The minimum Gasteiger partial charge on any atom is -0.466 e. The number of esters is 1. The lowest BCUT2D eigenvalue weighted by Crippen LogP contribution is -2.07. The lowest BCUT2D eigenvalue weighted by molar-refractivity contribution is -0.142. The predicted molar refractivity (Wildman–Crippen MR) is 58.1 cm³/mol. The highest BCUT2D eigenvalue weighted by Crippen LogP contribution is 2.05. The zero-order valence-corrected chi connectivity index (χ0v) is 9.30. The Bertz CT molecular complexity index is 519. The number of imidazole rings is 1. The molecule has 0 atom stereocenters. The van der Waals surface area contributed by atoms with E-state index in [1.807, 2.05) is 19.2 Å². The summed E-state index contributed by atoms with van der Waals surface area (Å²) < 4.78 is 6.65. The maximum absolute atomic E-state index is 11.3. The Kier molecular flexibility index (Phi) is 2.85. The molecule has 84 valence electrons. The molecule has 0 aliphatic heterocycles. The van der Waals surface area contributed by atoms with Crippen LogP contribution in [-0.4, -0.2) is 26.9 Å². The highest BCUT2D eigenvalue weighted by molar-refractivity contribution is 5.72. The molecule has 5 nitrogen and oxygen atoms in total. The molecular weight excluding hydrogens is 206 g/mol. The molecule has 0 aliphatic carbocycles. The molecule has 0 bridgehead atoms. The Morgan fingerprint density at radius 1 is 1.50 bits per heavy atom. The maximum atomic E-state index is 11.3. The Labute approximate surface area is 93.1 Å². The Hall–Kier alpha value is -1.91. The summed E-state index contributed by atoms with van der Waals surface area (Å²) in [5.74, 6) is 0.349. The fourth-order valence-electron chi connectivity index (χ4n) is 1.45. The summed E-state index contributed by atoms with van der Waals surface area (Å²) in [5.41, 5.74) is 1.58. The summed E-state index contributed by atoms with van der Waals surface area (Å²) in [6.07, 6.45) is 3.86. The smallest absolute Gasteiger partial charge is 0.311 e. The summed E-state index contributed by atoms with van der Waals surface area (Å²) in [4.78, 5) is 19.8. The third kappa shape index (κ3) is 2.18. The standard InChI is InChI=1S/C11H13N3O2/c1-3-16-10(15)6-9-7-14-5-4-8(2)12-11(14)13-9/h4-5,7H,3,6H2,1-2H3. The van der Waals surface area contributed by atoms with Crippen molar-refractivity contribution in [3.63, 3.8) is 0 Å². The number of aryl methyl sites for hydroxylation is 1. The monoisotopic (exact) mass is 219 g/mol. The van der Waals surface area contributed by atoms with E-state index in [2.05, 4.69) is 9.97 Å². The molecule has 0 saturated heterocycles. The molecule has 0 N–H and O–H groups in total. The van der Waals surface area contributed by atoms with Gasteiger partial charge in [0.15, 0.2) is 0 Å². The Morgan fingerprint density at radius 3 is 3.06 bits per heavy atom. The summed E-state index contributed by atoms with van der Waals surface area (Å²) in [6.45, 7) is 4.08. The van der Waals surface area contributed by atoms with E-state index >= 15 is 0 Å². The maximum Gasteiger partial charge on any atom is 0.311 e. The SMILES string of the molecule is CCOC(=O)Cc1cn2ccc(C)nc2n1. The van der Waals surface area contributed by atoms with Gasteiger partial charge >= 0.3 is 5.97 Å². The van der Waals surface area contributed by atoms with Gasteiger partial charge in [-0.1, -0.05) is 0 Å². The average molecular weight is 219 g/mol. The predicted octanol–water partition coefficient (Wildman–Crippen LogP) is 1.14. The molecule has 0 unspecified atom stereocenters. The summed E-state index contributed by atoms with van der Waals surface area (Å²) >= 11 is 0. The van der Waals surface area contributed by atoms with Crippen molar-refractivity contribution in [2.75, 3.05) is 6.61 Å². The second-order valence-electron chi connectivity index (χ2n) is 3.49. The fourth-order valence-corrected chi connectivity index (χ4v) is 1.45. The van der Waals surface area contributed by atoms with Crippen molar-refractivity contribution >= 4 is 11.7 Å². The van der Waals surface area contributed by atoms with E-state index in [4.69, 9.17) is 4.74 Å². The van der Waals surface area contributed by atoms with Crippen molar-refractivity contribution < 1.29 is 9.53 Å². The van der Waals surface area contributed by atoms with Crippen molar-refractivity contribution in [2.24, 2.45) is 0 Å². The Morgan fingerprint density at radius 2 is 2.31 bits per heavy atom. The second-order valence-corrected chi connectivity index (χ2v) is 3.49. The number of carbonyl (C=O) groups is 1. The van der Waals surface area contributed by atoms with Crippen LogP contribution < -0.4 is 0 Å². The lowest BCUT2D eigenvalue weighted by Gasteiger charge is -1.97. The van der Waals surface area contributed by atoms with Crippen molar-refractivity contribution in [1.82, 2.24) is 14.4 Å². The molecule has 2 rings (SSSR count). The molecule has 0 amide bonds. The highest BCUT2D eigenvalue weighted by atomic mass is 16.5. The molecule has 2 heterocycles. The third-order valence-electron chi connectivity index (χ3n) is 2.15. The summed E-state index contributed by atoms with van der Waals surface area (Å²) in [7, 11) is 0. The van der Waals surface area contributed by atoms with Gasteiger partial charge in [0.2, 0.25) is 5.78 Å². The molecular formula is C11H13N3O2. The van der Waals surface area contributed by atoms with E-state index in [9.17, 15) is 4.79 Å². The molecule has 0 saturated carbocycles. The van der Waals surface area contributed by atoms with Crippen molar-refractivity contribution in [3.8, 4) is 0 Å². The van der Waals surface area contributed by atoms with Gasteiger partial charge in [-0.05, 0) is 19.9 Å². The van der Waals surface area contributed by atoms with Crippen LogP contribution in [0.15, 0.2) is 18.5 Å². The number of fused-ring (bicyclic) bond motifs is 1. The zero-order chi connectivity index (χ0) is 11.5. The van der Waals surface area contributed by atoms with E-state index in [1.165, 1.54) is 0 Å². The number of carbonyl (C=O) groups excluding carboxylic acids is 1. The minimum absolute atomic E-state index is 0.191. The topological polar surface area (TPSA) is 56.5 Å². The van der Waals surface area contributed by atoms with Crippen molar-refractivity contribution in [1.29, 1.82) is 0 Å². The second kappa shape index (κ2) is 4.30. The quantitative estimate of drug-likeness (QED) is 0.726. The van der Waals surface area contributed by atoms with Gasteiger partial charge in [0.05, 0.1) is 18.7 Å². The summed E-state index contributed by atoms with van der Waals surface area (Å²) in [6, 6.07) is 1.89. The minimum atomic E-state index is -0.261. The van der Waals surface area contributed by atoms with Gasteiger partial charge in [-0.25, -0.2) is 9.97 Å². The van der Waals surface area contributed by atoms with E-state index in [-0.39, 0.29) is 12.4 Å². The molecule has 0 aliphatic rings. The summed E-state index contributed by atoms with van der Waals surface area (Å²) in [5, 5.41) is 0. The van der Waals surface area contributed by atoms with Gasteiger partial charge < -0.3 is 4.74 Å². The first-order valence-electron chi connectivity index (χ1n) is 5.16. The molecule has 5 heteroatoms. The number of nitrogens with zero attached hydrogens (tertiary/aromatic N) is 3. The number of hydrogen-bond donors (Lipinski definition) is 0. The number of hydrogen-bond acceptors (Lipinski definition) is 4. The van der Waals surface area contributed by atoms with Crippen LogP contribution in [0.25, 0.3) is 5.78 Å². The normalized spacial score (nSPS) is 10.6. The van der Waals surface area contributed by atoms with Gasteiger partial charge in [0, 0.05) is 18.1 Å². The van der Waals surface area contributed by atoms with Crippen molar-refractivity contribution in [3.05, 3.63) is 29.8 Å². The fraction of sp³-hybridized carbons (Fsp3) is 0.364. The van der Waals surface area contributed by atoms with Crippen LogP contribution in [-0.2, 0) is 16.0 Å². The van der Waals surface area contributed by atoms with Gasteiger partial charge in [0.1, 0.15) is 0 Å². The first-order valence-corrected chi connectivity index (χ1v) is 5.16. The van der Waals surface area contributed by atoms with E-state index in [1.54, 1.807) is 17.5 Å². The first-order chi connectivity index (χ1) is 7.69. The number of aromatic nitrogens is 3. The van der Waals surface area contributed by atoms with Crippen LogP contribution in [0.5, 0.6) is 0 Å². The highest BCUT2D eigenvalue weighted by Gasteiger charge is 2.08. The first kappa shape index (κ1) is 10.6. The van der Waals surface area contributed by atoms with E-state index < -0.39 is 0 Å². The zero-order valence-electron chi connectivity index (χ0n) is 9.30. The van der Waals surface area contributed by atoms with Crippen LogP contribution >= 0.6 is 0 Å². The van der Waals surface area contributed by atoms with Gasteiger partial charge in [-0.2, -0.15) is 0 Å². The molecule has 0 radical (unpaired) electrons. The van der Waals surface area contributed by atoms with Crippen LogP contribution in [0.3, 0.4) is 0 Å². The van der Waals surface area contributed by atoms with Gasteiger partial charge in [-0.3, -0.25) is 9.20 Å². The van der Waals surface area contributed by atoms with Gasteiger partial charge in [0.25, 0.3) is 0 Å². The van der Waals surface area contributed by atoms with Crippen LogP contribution in [0, 0.1) is 6.92 Å².